The van der Waals surface area contributed by atoms with Crippen LogP contribution in [0.1, 0.15) is 33.4 Å². The molecule has 1 aromatic rings. The van der Waals surface area contributed by atoms with Crippen molar-refractivity contribution in [3.63, 3.8) is 0 Å². The summed E-state index contributed by atoms with van der Waals surface area (Å²) in [7, 11) is 1.71. The molecule has 0 amide bonds. The fourth-order valence-corrected chi connectivity index (χ4v) is 2.23. The fourth-order valence-electron chi connectivity index (χ4n) is 2.23. The molecule has 7 heteroatoms. The van der Waals surface area contributed by atoms with Crippen LogP contribution in [0, 0.1) is 28.9 Å². The van der Waals surface area contributed by atoms with E-state index in [0.717, 1.165) is 13.1 Å². The van der Waals surface area contributed by atoms with Gasteiger partial charge < -0.3 is 10.2 Å². The summed E-state index contributed by atoms with van der Waals surface area (Å²) in [5.74, 6) is 1.58. The highest BCUT2D eigenvalue weighted by Gasteiger charge is 2.27. The Kier molecular flexibility index (Phi) is 5.87. The smallest absolute Gasteiger partial charge is 0.332 e. The summed E-state index contributed by atoms with van der Waals surface area (Å²) >= 11 is 0. The summed E-state index contributed by atoms with van der Waals surface area (Å²) in [6.07, 6.45) is 0. The standard InChI is InChI=1S/C14H25N5O2/c1-9(2)7-18(8-10(3)4)13-12(19(20)21)11(5)16-14(15-6)17-13/h9-10H,7-8H2,1-6H3,(H,15,16,17). The van der Waals surface area contributed by atoms with Gasteiger partial charge in [0.2, 0.25) is 11.8 Å². The van der Waals surface area contributed by atoms with Crippen molar-refractivity contribution in [3.05, 3.63) is 15.8 Å². The molecule has 0 aliphatic heterocycles. The largest absolute Gasteiger partial charge is 0.357 e. The van der Waals surface area contributed by atoms with Gasteiger partial charge in [-0.3, -0.25) is 10.1 Å². The second-order valence-electron chi connectivity index (χ2n) is 6.00. The average molecular weight is 295 g/mol. The van der Waals surface area contributed by atoms with Crippen molar-refractivity contribution in [1.82, 2.24) is 9.97 Å². The van der Waals surface area contributed by atoms with Crippen LogP contribution in [-0.4, -0.2) is 35.0 Å². The predicted octanol–water partition coefficient (Wildman–Crippen LogP) is 2.85. The minimum absolute atomic E-state index is 0.00435. The third kappa shape index (κ3) is 4.54. The molecule has 7 nitrogen and oxygen atoms in total. The third-order valence-corrected chi connectivity index (χ3v) is 2.92. The molecule has 0 aliphatic carbocycles. The van der Waals surface area contributed by atoms with Gasteiger partial charge in [0, 0.05) is 20.1 Å². The minimum Gasteiger partial charge on any atom is -0.357 e. The second kappa shape index (κ2) is 7.19. The van der Waals surface area contributed by atoms with E-state index in [1.54, 1.807) is 14.0 Å². The first kappa shape index (κ1) is 17.1. The zero-order valence-electron chi connectivity index (χ0n) is 13.7. The Bertz CT molecular complexity index is 492. The Balaban J connectivity index is 3.38. The molecule has 0 fully saturated rings. The molecular formula is C14H25N5O2. The van der Waals surface area contributed by atoms with Gasteiger partial charge in [-0.1, -0.05) is 27.7 Å². The zero-order chi connectivity index (χ0) is 16.2. The summed E-state index contributed by atoms with van der Waals surface area (Å²) in [6.45, 7) is 11.4. The van der Waals surface area contributed by atoms with Crippen molar-refractivity contribution >= 4 is 17.5 Å². The first-order chi connectivity index (χ1) is 9.76. The highest BCUT2D eigenvalue weighted by molar-refractivity contribution is 5.62. The van der Waals surface area contributed by atoms with Gasteiger partial charge in [0.25, 0.3) is 0 Å². The van der Waals surface area contributed by atoms with Crippen LogP contribution in [0.25, 0.3) is 0 Å². The van der Waals surface area contributed by atoms with E-state index in [0.29, 0.717) is 29.3 Å². The normalized spacial score (nSPS) is 11.0. The molecule has 0 saturated carbocycles. The van der Waals surface area contributed by atoms with Crippen LogP contribution in [0.15, 0.2) is 0 Å². The van der Waals surface area contributed by atoms with Crippen LogP contribution in [0.4, 0.5) is 17.5 Å². The van der Waals surface area contributed by atoms with E-state index < -0.39 is 4.92 Å². The second-order valence-corrected chi connectivity index (χ2v) is 6.00. The Hall–Kier alpha value is -1.92. The average Bonchev–Trinajstić information content (AvgIpc) is 2.35. The van der Waals surface area contributed by atoms with Crippen molar-refractivity contribution in [2.45, 2.75) is 34.6 Å². The van der Waals surface area contributed by atoms with E-state index >= 15 is 0 Å². The van der Waals surface area contributed by atoms with Crippen LogP contribution >= 0.6 is 0 Å². The maximum atomic E-state index is 11.4. The number of hydrogen-bond donors (Lipinski definition) is 1. The van der Waals surface area contributed by atoms with Gasteiger partial charge in [0.05, 0.1) is 4.92 Å². The third-order valence-electron chi connectivity index (χ3n) is 2.92. The summed E-state index contributed by atoms with van der Waals surface area (Å²) in [5, 5.41) is 14.3. The van der Waals surface area contributed by atoms with E-state index in [4.69, 9.17) is 0 Å². The molecule has 0 bridgehead atoms. The summed E-state index contributed by atoms with van der Waals surface area (Å²) < 4.78 is 0. The van der Waals surface area contributed by atoms with Gasteiger partial charge in [-0.15, -0.1) is 0 Å². The lowest BCUT2D eigenvalue weighted by Crippen LogP contribution is -2.33. The van der Waals surface area contributed by atoms with E-state index in [2.05, 4.69) is 43.0 Å². The Morgan fingerprint density at radius 1 is 1.19 bits per heavy atom. The van der Waals surface area contributed by atoms with Gasteiger partial charge >= 0.3 is 5.69 Å². The molecule has 0 spiro atoms. The van der Waals surface area contributed by atoms with Gasteiger partial charge in [-0.05, 0) is 18.8 Å². The van der Waals surface area contributed by atoms with Crippen molar-refractivity contribution in [2.75, 3.05) is 30.4 Å². The maximum Gasteiger partial charge on any atom is 0.332 e. The van der Waals surface area contributed by atoms with E-state index in [1.165, 1.54) is 0 Å². The lowest BCUT2D eigenvalue weighted by Gasteiger charge is -2.27. The number of nitrogens with zero attached hydrogens (tertiary/aromatic N) is 4. The molecule has 0 aromatic carbocycles. The molecule has 1 aromatic heterocycles. The van der Waals surface area contributed by atoms with Gasteiger partial charge in [0.1, 0.15) is 5.69 Å². The summed E-state index contributed by atoms with van der Waals surface area (Å²) in [6, 6.07) is 0. The fraction of sp³-hybridized carbons (Fsp3) is 0.714. The van der Waals surface area contributed by atoms with Gasteiger partial charge in [-0.2, -0.15) is 4.98 Å². The van der Waals surface area contributed by atoms with Gasteiger partial charge in [0.15, 0.2) is 0 Å². The quantitative estimate of drug-likeness (QED) is 0.615. The summed E-state index contributed by atoms with van der Waals surface area (Å²) in [5.41, 5.74) is 0.377. The number of aryl methyl sites for hydroxylation is 1. The Labute approximate surface area is 125 Å². The maximum absolute atomic E-state index is 11.4. The first-order valence-corrected chi connectivity index (χ1v) is 7.22. The van der Waals surface area contributed by atoms with Crippen LogP contribution < -0.4 is 10.2 Å². The minimum atomic E-state index is -0.391. The predicted molar refractivity (Wildman–Crippen MR) is 84.9 cm³/mol. The monoisotopic (exact) mass is 295 g/mol. The number of anilines is 2. The lowest BCUT2D eigenvalue weighted by molar-refractivity contribution is -0.385. The topological polar surface area (TPSA) is 84.2 Å². The molecule has 0 unspecified atom stereocenters. The number of hydrogen-bond acceptors (Lipinski definition) is 6. The molecule has 1 rings (SSSR count). The Morgan fingerprint density at radius 2 is 1.71 bits per heavy atom. The molecular weight excluding hydrogens is 270 g/mol. The SMILES string of the molecule is CNc1nc(C)c([N+](=O)[O-])c(N(CC(C)C)CC(C)C)n1. The lowest BCUT2D eigenvalue weighted by atomic mass is 10.1. The molecule has 0 radical (unpaired) electrons. The van der Waals surface area contributed by atoms with Crippen molar-refractivity contribution in [2.24, 2.45) is 11.8 Å². The van der Waals surface area contributed by atoms with E-state index in [9.17, 15) is 10.1 Å². The van der Waals surface area contributed by atoms with Crippen molar-refractivity contribution < 1.29 is 4.92 Å². The molecule has 1 heterocycles. The molecule has 0 saturated heterocycles. The highest BCUT2D eigenvalue weighted by Crippen LogP contribution is 2.30. The number of nitro groups is 1. The van der Waals surface area contributed by atoms with E-state index in [1.807, 2.05) is 4.90 Å². The van der Waals surface area contributed by atoms with Crippen LogP contribution in [-0.2, 0) is 0 Å². The van der Waals surface area contributed by atoms with Crippen LogP contribution in [0.3, 0.4) is 0 Å². The first-order valence-electron chi connectivity index (χ1n) is 7.22. The van der Waals surface area contributed by atoms with Crippen LogP contribution in [0.5, 0.6) is 0 Å². The highest BCUT2D eigenvalue weighted by atomic mass is 16.6. The molecule has 1 N–H and O–H groups in total. The molecule has 21 heavy (non-hydrogen) atoms. The van der Waals surface area contributed by atoms with Gasteiger partial charge in [-0.25, -0.2) is 4.98 Å². The van der Waals surface area contributed by atoms with Crippen molar-refractivity contribution in [3.8, 4) is 0 Å². The van der Waals surface area contributed by atoms with E-state index in [-0.39, 0.29) is 5.69 Å². The molecule has 0 atom stereocenters. The number of aromatic nitrogens is 2. The molecule has 0 aliphatic rings. The summed E-state index contributed by atoms with van der Waals surface area (Å²) in [4.78, 5) is 21.5. The number of nitrogens with one attached hydrogen (secondary N) is 1. The Morgan fingerprint density at radius 3 is 2.10 bits per heavy atom. The molecule has 118 valence electrons. The zero-order valence-corrected chi connectivity index (χ0v) is 13.7. The number of rotatable bonds is 7. The van der Waals surface area contributed by atoms with Crippen LogP contribution in [0.2, 0.25) is 0 Å². The van der Waals surface area contributed by atoms with Crippen molar-refractivity contribution in [1.29, 1.82) is 0 Å².